The summed E-state index contributed by atoms with van der Waals surface area (Å²) in [6.07, 6.45) is 1.38. The van der Waals surface area contributed by atoms with Gasteiger partial charge in [-0.1, -0.05) is 26.0 Å². The van der Waals surface area contributed by atoms with E-state index in [4.69, 9.17) is 9.47 Å². The van der Waals surface area contributed by atoms with Gasteiger partial charge in [0.2, 0.25) is 0 Å². The summed E-state index contributed by atoms with van der Waals surface area (Å²) in [7, 11) is 1.53. The van der Waals surface area contributed by atoms with Gasteiger partial charge in [-0.3, -0.25) is 4.79 Å². The number of methoxy groups -OCH3 is 1. The van der Waals surface area contributed by atoms with Gasteiger partial charge in [-0.25, -0.2) is 4.39 Å². The number of nitrogens with one attached hydrogen (secondary N) is 1. The van der Waals surface area contributed by atoms with Crippen LogP contribution in [0.1, 0.15) is 42.0 Å². The monoisotopic (exact) mass is 429 g/mol. The fourth-order valence-electron chi connectivity index (χ4n) is 2.70. The summed E-state index contributed by atoms with van der Waals surface area (Å²) in [4.78, 5) is 16.8. The Labute approximate surface area is 179 Å². The second kappa shape index (κ2) is 10.2. The lowest BCUT2D eigenvalue weighted by Gasteiger charge is -2.11. The number of rotatable bonds is 9. The van der Waals surface area contributed by atoms with Crippen LogP contribution in [-0.2, 0) is 6.42 Å². The molecule has 0 saturated carbocycles. The number of aromatic nitrogens is 2. The van der Waals surface area contributed by atoms with Crippen molar-refractivity contribution in [2.45, 2.75) is 26.7 Å². The molecule has 1 amide bonds. The lowest BCUT2D eigenvalue weighted by atomic mass is 10.1. The van der Waals surface area contributed by atoms with Crippen LogP contribution < -0.4 is 14.8 Å². The first-order valence-electron chi connectivity index (χ1n) is 9.65. The van der Waals surface area contributed by atoms with Gasteiger partial charge < -0.3 is 14.8 Å². The van der Waals surface area contributed by atoms with Crippen molar-refractivity contribution < 1.29 is 18.7 Å². The zero-order chi connectivity index (χ0) is 21.5. The van der Waals surface area contributed by atoms with Crippen molar-refractivity contribution >= 4 is 17.4 Å². The van der Waals surface area contributed by atoms with Crippen LogP contribution >= 0.6 is 11.5 Å². The molecule has 6 nitrogen and oxygen atoms in total. The third-order valence-electron chi connectivity index (χ3n) is 4.36. The molecule has 1 heterocycles. The van der Waals surface area contributed by atoms with Gasteiger partial charge in [-0.15, -0.1) is 0 Å². The summed E-state index contributed by atoms with van der Waals surface area (Å²) in [6.45, 7) is 4.83. The van der Waals surface area contributed by atoms with E-state index in [0.717, 1.165) is 23.5 Å². The Bertz CT molecular complexity index is 990. The largest absolute Gasteiger partial charge is 0.493 e. The highest BCUT2D eigenvalue weighted by atomic mass is 32.1. The lowest BCUT2D eigenvalue weighted by Crippen LogP contribution is -2.25. The van der Waals surface area contributed by atoms with Crippen LogP contribution in [0.5, 0.6) is 16.7 Å². The molecule has 0 unspecified atom stereocenters. The Morgan fingerprint density at radius 3 is 2.63 bits per heavy atom. The Morgan fingerprint density at radius 2 is 1.93 bits per heavy atom. The van der Waals surface area contributed by atoms with E-state index in [-0.39, 0.29) is 11.7 Å². The van der Waals surface area contributed by atoms with Crippen molar-refractivity contribution in [3.05, 3.63) is 65.2 Å². The SMILES string of the molecule is COc1ccc(C(=O)NCCC(C)C)cc1Oc1nc(Cc2ccc(F)cc2)ns1. The number of carbonyl (C=O) groups is 1. The molecule has 1 N–H and O–H groups in total. The molecule has 0 saturated heterocycles. The minimum absolute atomic E-state index is 0.169. The van der Waals surface area contributed by atoms with Gasteiger partial charge in [0.1, 0.15) is 5.82 Å². The maximum Gasteiger partial charge on any atom is 0.298 e. The van der Waals surface area contributed by atoms with Crippen molar-refractivity contribution in [1.82, 2.24) is 14.7 Å². The van der Waals surface area contributed by atoms with Crippen LogP contribution in [-0.4, -0.2) is 28.9 Å². The maximum absolute atomic E-state index is 13.0. The summed E-state index contributed by atoms with van der Waals surface area (Å²) in [5.41, 5.74) is 1.38. The number of hydrogen-bond acceptors (Lipinski definition) is 6. The molecule has 0 fully saturated rings. The summed E-state index contributed by atoms with van der Waals surface area (Å²) in [5, 5.41) is 3.24. The smallest absolute Gasteiger partial charge is 0.298 e. The van der Waals surface area contributed by atoms with Gasteiger partial charge in [0.05, 0.1) is 7.11 Å². The Balaban J connectivity index is 1.70. The number of halogens is 1. The Hall–Kier alpha value is -3.00. The van der Waals surface area contributed by atoms with Crippen LogP contribution in [0.15, 0.2) is 42.5 Å². The van der Waals surface area contributed by atoms with E-state index in [0.29, 0.717) is 47.0 Å². The summed E-state index contributed by atoms with van der Waals surface area (Å²) in [6, 6.07) is 11.2. The minimum Gasteiger partial charge on any atom is -0.493 e. The number of amides is 1. The lowest BCUT2D eigenvalue weighted by molar-refractivity contribution is 0.0951. The number of carbonyl (C=O) groups excluding carboxylic acids is 1. The molecule has 0 bridgehead atoms. The summed E-state index contributed by atoms with van der Waals surface area (Å²) >= 11 is 1.10. The zero-order valence-corrected chi connectivity index (χ0v) is 18.0. The average molecular weight is 430 g/mol. The van der Waals surface area contributed by atoms with Crippen LogP contribution in [0.2, 0.25) is 0 Å². The van der Waals surface area contributed by atoms with Crippen LogP contribution in [0.25, 0.3) is 0 Å². The molecule has 1 aromatic heterocycles. The Kier molecular flexibility index (Phi) is 7.35. The predicted octanol–water partition coefficient (Wildman–Crippen LogP) is 4.84. The van der Waals surface area contributed by atoms with Gasteiger partial charge in [0.25, 0.3) is 11.1 Å². The molecular formula is C22H24FN3O3S. The molecule has 0 aliphatic rings. The molecule has 0 spiro atoms. The van der Waals surface area contributed by atoms with E-state index in [2.05, 4.69) is 28.5 Å². The average Bonchev–Trinajstić information content (AvgIpc) is 3.16. The molecule has 8 heteroatoms. The fourth-order valence-corrected chi connectivity index (χ4v) is 3.27. The molecular weight excluding hydrogens is 405 g/mol. The molecule has 2 aromatic carbocycles. The second-order valence-corrected chi connectivity index (χ2v) is 7.90. The first kappa shape index (κ1) is 21.7. The van der Waals surface area contributed by atoms with E-state index in [1.54, 1.807) is 30.3 Å². The van der Waals surface area contributed by atoms with Crippen LogP contribution in [0, 0.1) is 11.7 Å². The minimum atomic E-state index is -0.283. The van der Waals surface area contributed by atoms with Gasteiger partial charge >= 0.3 is 0 Å². The van der Waals surface area contributed by atoms with Crippen molar-refractivity contribution in [1.29, 1.82) is 0 Å². The standard InChI is InChI=1S/C22H24FN3O3S/c1-14(2)10-11-24-21(27)16-6-9-18(28-3)19(13-16)29-22-25-20(26-30-22)12-15-4-7-17(23)8-5-15/h4-9,13-14H,10-12H2,1-3H3,(H,24,27). The van der Waals surface area contributed by atoms with Crippen molar-refractivity contribution in [2.24, 2.45) is 5.92 Å². The van der Waals surface area contributed by atoms with Gasteiger partial charge in [-0.2, -0.15) is 9.36 Å². The zero-order valence-electron chi connectivity index (χ0n) is 17.1. The van der Waals surface area contributed by atoms with E-state index in [1.807, 2.05) is 0 Å². The first-order chi connectivity index (χ1) is 14.4. The molecule has 3 rings (SSSR count). The second-order valence-electron chi connectivity index (χ2n) is 7.19. The number of nitrogens with zero attached hydrogens (tertiary/aromatic N) is 2. The quantitative estimate of drug-likeness (QED) is 0.527. The third kappa shape index (κ3) is 6.00. The summed E-state index contributed by atoms with van der Waals surface area (Å²) < 4.78 is 28.5. The highest BCUT2D eigenvalue weighted by molar-refractivity contribution is 7.07. The molecule has 0 atom stereocenters. The van der Waals surface area contributed by atoms with Crippen molar-refractivity contribution in [3.8, 4) is 16.7 Å². The molecule has 0 radical (unpaired) electrons. The van der Waals surface area contributed by atoms with Crippen molar-refractivity contribution in [3.63, 3.8) is 0 Å². The number of hydrogen-bond donors (Lipinski definition) is 1. The number of benzene rings is 2. The van der Waals surface area contributed by atoms with Crippen LogP contribution in [0.3, 0.4) is 0 Å². The molecule has 30 heavy (non-hydrogen) atoms. The maximum atomic E-state index is 13.0. The van der Waals surface area contributed by atoms with Gasteiger partial charge in [-0.05, 0) is 48.2 Å². The fraction of sp³-hybridized carbons (Fsp3) is 0.318. The van der Waals surface area contributed by atoms with E-state index < -0.39 is 0 Å². The topological polar surface area (TPSA) is 73.3 Å². The Morgan fingerprint density at radius 1 is 1.17 bits per heavy atom. The van der Waals surface area contributed by atoms with Crippen molar-refractivity contribution in [2.75, 3.05) is 13.7 Å². The highest BCUT2D eigenvalue weighted by Crippen LogP contribution is 2.33. The van der Waals surface area contributed by atoms with E-state index >= 15 is 0 Å². The number of ether oxygens (including phenoxy) is 2. The predicted molar refractivity (Wildman–Crippen MR) is 114 cm³/mol. The summed E-state index contributed by atoms with van der Waals surface area (Å²) in [5.74, 6) is 1.51. The highest BCUT2D eigenvalue weighted by Gasteiger charge is 2.14. The molecule has 0 aliphatic heterocycles. The first-order valence-corrected chi connectivity index (χ1v) is 10.4. The van der Waals surface area contributed by atoms with Gasteiger partial charge in [0, 0.05) is 30.1 Å². The third-order valence-corrected chi connectivity index (χ3v) is 4.99. The molecule has 3 aromatic rings. The van der Waals surface area contributed by atoms with E-state index in [9.17, 15) is 9.18 Å². The van der Waals surface area contributed by atoms with E-state index in [1.165, 1.54) is 19.2 Å². The van der Waals surface area contributed by atoms with Gasteiger partial charge in [0.15, 0.2) is 17.3 Å². The molecule has 158 valence electrons. The normalized spacial score (nSPS) is 10.8. The molecule has 0 aliphatic carbocycles. The van der Waals surface area contributed by atoms with Crippen LogP contribution in [0.4, 0.5) is 4.39 Å².